The van der Waals surface area contributed by atoms with E-state index in [0.717, 1.165) is 5.56 Å². The van der Waals surface area contributed by atoms with Crippen LogP contribution in [-0.2, 0) is 0 Å². The minimum absolute atomic E-state index is 0.501. The molecule has 0 fully saturated rings. The number of nitrogens with two attached hydrogens (primary N) is 1. The normalized spacial score (nSPS) is 11.1. The average Bonchev–Trinajstić information content (AvgIpc) is 2.18. The molecule has 0 saturated carbocycles. The third kappa shape index (κ3) is 2.05. The first-order valence-corrected chi connectivity index (χ1v) is 4.84. The minimum Gasteiger partial charge on any atom is -0.405 e. The van der Waals surface area contributed by atoms with Gasteiger partial charge in [0.25, 0.3) is 0 Å². The van der Waals surface area contributed by atoms with E-state index in [1.165, 1.54) is 11.1 Å². The van der Waals surface area contributed by atoms with Gasteiger partial charge in [0.15, 0.2) is 0 Å². The maximum Gasteiger partial charge on any atom is -0.00560 e. The van der Waals surface area contributed by atoms with E-state index in [1.807, 2.05) is 18.2 Å². The quantitative estimate of drug-likeness (QED) is 0.771. The standard InChI is InChI=1S/C13H17N/c1-4-11-6-5-7-12(10(2)3)13(11)8-9-14/h4-10H,1,14H2,2-3H3/b9-8-. The van der Waals surface area contributed by atoms with Gasteiger partial charge in [0.1, 0.15) is 0 Å². The molecule has 1 rings (SSSR count). The van der Waals surface area contributed by atoms with E-state index in [9.17, 15) is 0 Å². The Kier molecular flexibility index (Phi) is 3.52. The summed E-state index contributed by atoms with van der Waals surface area (Å²) in [5, 5.41) is 0. The summed E-state index contributed by atoms with van der Waals surface area (Å²) in [4.78, 5) is 0. The van der Waals surface area contributed by atoms with Gasteiger partial charge >= 0.3 is 0 Å². The maximum absolute atomic E-state index is 5.44. The van der Waals surface area contributed by atoms with Gasteiger partial charge in [-0.25, -0.2) is 0 Å². The minimum atomic E-state index is 0.501. The molecular formula is C13H17N. The molecule has 0 bridgehead atoms. The summed E-state index contributed by atoms with van der Waals surface area (Å²) in [5.41, 5.74) is 9.07. The Balaban J connectivity index is 3.34. The first-order valence-electron chi connectivity index (χ1n) is 4.84. The van der Waals surface area contributed by atoms with Crippen molar-refractivity contribution in [3.8, 4) is 0 Å². The highest BCUT2D eigenvalue weighted by atomic mass is 14.5. The second-order valence-corrected chi connectivity index (χ2v) is 3.57. The lowest BCUT2D eigenvalue weighted by atomic mass is 9.93. The Morgan fingerprint density at radius 2 is 2.07 bits per heavy atom. The van der Waals surface area contributed by atoms with Crippen molar-refractivity contribution < 1.29 is 0 Å². The van der Waals surface area contributed by atoms with Crippen molar-refractivity contribution in [1.82, 2.24) is 0 Å². The second-order valence-electron chi connectivity index (χ2n) is 3.57. The molecule has 0 radical (unpaired) electrons. The van der Waals surface area contributed by atoms with E-state index in [2.05, 4.69) is 32.6 Å². The van der Waals surface area contributed by atoms with Crippen LogP contribution in [0.25, 0.3) is 12.2 Å². The number of rotatable bonds is 3. The molecule has 1 aromatic rings. The molecule has 14 heavy (non-hydrogen) atoms. The van der Waals surface area contributed by atoms with Crippen LogP contribution in [0.4, 0.5) is 0 Å². The molecule has 0 aliphatic heterocycles. The summed E-state index contributed by atoms with van der Waals surface area (Å²) < 4.78 is 0. The highest BCUT2D eigenvalue weighted by Gasteiger charge is 2.06. The number of hydrogen-bond acceptors (Lipinski definition) is 1. The molecule has 0 heterocycles. The fourth-order valence-electron chi connectivity index (χ4n) is 1.57. The van der Waals surface area contributed by atoms with Crippen molar-refractivity contribution in [3.05, 3.63) is 47.7 Å². The Bertz CT molecular complexity index is 348. The van der Waals surface area contributed by atoms with Crippen molar-refractivity contribution in [1.29, 1.82) is 0 Å². The fraction of sp³-hybridized carbons (Fsp3) is 0.231. The molecule has 0 spiro atoms. The third-order valence-corrected chi connectivity index (χ3v) is 2.28. The van der Waals surface area contributed by atoms with Gasteiger partial charge in [-0.1, -0.05) is 44.7 Å². The first-order chi connectivity index (χ1) is 6.70. The highest BCUT2D eigenvalue weighted by Crippen LogP contribution is 2.24. The van der Waals surface area contributed by atoms with Crippen LogP contribution in [0.2, 0.25) is 0 Å². The van der Waals surface area contributed by atoms with Gasteiger partial charge in [0.2, 0.25) is 0 Å². The Hall–Kier alpha value is -1.50. The van der Waals surface area contributed by atoms with Crippen molar-refractivity contribution in [3.63, 3.8) is 0 Å². The van der Waals surface area contributed by atoms with E-state index >= 15 is 0 Å². The van der Waals surface area contributed by atoms with Crippen LogP contribution in [0.3, 0.4) is 0 Å². The van der Waals surface area contributed by atoms with Crippen LogP contribution >= 0.6 is 0 Å². The van der Waals surface area contributed by atoms with E-state index < -0.39 is 0 Å². The van der Waals surface area contributed by atoms with Crippen LogP contribution in [0, 0.1) is 0 Å². The number of hydrogen-bond donors (Lipinski definition) is 1. The average molecular weight is 187 g/mol. The molecule has 1 nitrogen and oxygen atoms in total. The Morgan fingerprint density at radius 1 is 1.36 bits per heavy atom. The van der Waals surface area contributed by atoms with Crippen molar-refractivity contribution in [2.75, 3.05) is 0 Å². The van der Waals surface area contributed by atoms with Crippen LogP contribution in [-0.4, -0.2) is 0 Å². The van der Waals surface area contributed by atoms with Crippen LogP contribution in [0.15, 0.2) is 31.0 Å². The van der Waals surface area contributed by atoms with Gasteiger partial charge in [-0.15, -0.1) is 0 Å². The van der Waals surface area contributed by atoms with E-state index in [0.29, 0.717) is 5.92 Å². The molecule has 0 aliphatic carbocycles. The molecule has 0 aromatic heterocycles. The molecule has 0 aliphatic rings. The summed E-state index contributed by atoms with van der Waals surface area (Å²) in [7, 11) is 0. The molecule has 1 heteroatoms. The molecule has 0 amide bonds. The fourth-order valence-corrected chi connectivity index (χ4v) is 1.57. The van der Waals surface area contributed by atoms with E-state index in [4.69, 9.17) is 5.73 Å². The van der Waals surface area contributed by atoms with Crippen molar-refractivity contribution in [2.45, 2.75) is 19.8 Å². The van der Waals surface area contributed by atoms with Gasteiger partial charge in [-0.05, 0) is 34.9 Å². The van der Waals surface area contributed by atoms with Gasteiger partial charge in [-0.3, -0.25) is 0 Å². The lowest BCUT2D eigenvalue weighted by molar-refractivity contribution is 0.863. The van der Waals surface area contributed by atoms with Crippen molar-refractivity contribution in [2.24, 2.45) is 5.73 Å². The Morgan fingerprint density at radius 3 is 2.57 bits per heavy atom. The van der Waals surface area contributed by atoms with E-state index in [-0.39, 0.29) is 0 Å². The molecule has 0 saturated heterocycles. The lowest BCUT2D eigenvalue weighted by Gasteiger charge is -2.12. The monoisotopic (exact) mass is 187 g/mol. The lowest BCUT2D eigenvalue weighted by Crippen LogP contribution is -1.95. The second kappa shape index (κ2) is 4.66. The summed E-state index contributed by atoms with van der Waals surface area (Å²) in [6.07, 6.45) is 5.38. The molecule has 2 N–H and O–H groups in total. The third-order valence-electron chi connectivity index (χ3n) is 2.28. The van der Waals surface area contributed by atoms with Crippen LogP contribution in [0.1, 0.15) is 36.5 Å². The summed E-state index contributed by atoms with van der Waals surface area (Å²) >= 11 is 0. The van der Waals surface area contributed by atoms with Gasteiger partial charge in [0.05, 0.1) is 0 Å². The van der Waals surface area contributed by atoms with Crippen LogP contribution < -0.4 is 5.73 Å². The zero-order valence-electron chi connectivity index (χ0n) is 8.83. The zero-order chi connectivity index (χ0) is 10.6. The summed E-state index contributed by atoms with van der Waals surface area (Å²) in [6.45, 7) is 8.15. The van der Waals surface area contributed by atoms with Gasteiger partial charge < -0.3 is 5.73 Å². The maximum atomic E-state index is 5.44. The largest absolute Gasteiger partial charge is 0.405 e. The Labute approximate surface area is 85.9 Å². The molecular weight excluding hydrogens is 170 g/mol. The van der Waals surface area contributed by atoms with Crippen molar-refractivity contribution >= 4 is 12.2 Å². The highest BCUT2D eigenvalue weighted by molar-refractivity contribution is 5.67. The zero-order valence-corrected chi connectivity index (χ0v) is 8.83. The molecule has 74 valence electrons. The predicted molar refractivity (Wildman–Crippen MR) is 63.8 cm³/mol. The molecule has 0 atom stereocenters. The summed E-state index contributed by atoms with van der Waals surface area (Å²) in [5.74, 6) is 0.501. The van der Waals surface area contributed by atoms with E-state index in [1.54, 1.807) is 6.20 Å². The van der Waals surface area contributed by atoms with Gasteiger partial charge in [0, 0.05) is 0 Å². The SMILES string of the molecule is C=Cc1cccc(C(C)C)c1/C=C\N. The smallest absolute Gasteiger partial charge is 0.00560 e. The number of benzene rings is 1. The molecule has 1 aromatic carbocycles. The first kappa shape index (κ1) is 10.6. The molecule has 0 unspecified atom stereocenters. The topological polar surface area (TPSA) is 26.0 Å². The van der Waals surface area contributed by atoms with Crippen LogP contribution in [0.5, 0.6) is 0 Å². The predicted octanol–water partition coefficient (Wildman–Crippen LogP) is 3.38. The summed E-state index contributed by atoms with van der Waals surface area (Å²) in [6, 6.07) is 6.24. The van der Waals surface area contributed by atoms with Gasteiger partial charge in [-0.2, -0.15) is 0 Å².